The smallest absolute Gasteiger partial charge is 0.280 e. The normalized spacial score (nSPS) is 16.5. The molecule has 1 fully saturated rings. The summed E-state index contributed by atoms with van der Waals surface area (Å²) >= 11 is 13.3. The van der Waals surface area contributed by atoms with Gasteiger partial charge in [-0.15, -0.1) is 46.6 Å². The van der Waals surface area contributed by atoms with Crippen LogP contribution in [-0.2, 0) is 15.3 Å². The van der Waals surface area contributed by atoms with Gasteiger partial charge in [0.25, 0.3) is 5.91 Å². The van der Waals surface area contributed by atoms with Crippen LogP contribution in [0.3, 0.4) is 0 Å². The van der Waals surface area contributed by atoms with Crippen LogP contribution in [0.4, 0.5) is 0 Å². The van der Waals surface area contributed by atoms with Gasteiger partial charge in [0.05, 0.1) is 19.8 Å². The lowest BCUT2D eigenvalue weighted by molar-refractivity contribution is -0.122. The molecule has 0 atom stereocenters. The highest BCUT2D eigenvalue weighted by Gasteiger charge is 2.45. The van der Waals surface area contributed by atoms with Gasteiger partial charge in [-0.25, -0.2) is 0 Å². The molecule has 2 N–H and O–H groups in total. The minimum atomic E-state index is -0.228. The second-order valence-electron chi connectivity index (χ2n) is 7.94. The predicted octanol–water partition coefficient (Wildman–Crippen LogP) is 6.02. The summed E-state index contributed by atoms with van der Waals surface area (Å²) in [6.45, 7) is 2.35. The summed E-state index contributed by atoms with van der Waals surface area (Å²) in [5.41, 5.74) is 8.70. The third kappa shape index (κ3) is 5.64. The van der Waals surface area contributed by atoms with Crippen molar-refractivity contribution in [3.63, 3.8) is 0 Å². The number of fused-ring (bicyclic) bond motifs is 2. The summed E-state index contributed by atoms with van der Waals surface area (Å²) < 4.78 is 7.07. The molecule has 5 nitrogen and oxygen atoms in total. The van der Waals surface area contributed by atoms with Crippen LogP contribution < -0.4 is 15.6 Å². The Morgan fingerprint density at radius 3 is 2.76 bits per heavy atom. The van der Waals surface area contributed by atoms with Gasteiger partial charge in [0.1, 0.15) is 5.75 Å². The number of aryl methyl sites for hydroxylation is 1. The molecular formula is C23H27ClN2O3S4. The molecule has 1 spiro atoms. The quantitative estimate of drug-likeness (QED) is 0.253. The Labute approximate surface area is 216 Å². The topological polar surface area (TPSA) is 67.4 Å². The number of hydrazine groups is 1. The minimum absolute atomic E-state index is 0.104. The van der Waals surface area contributed by atoms with E-state index in [2.05, 4.69) is 17.1 Å². The van der Waals surface area contributed by atoms with Crippen molar-refractivity contribution in [1.82, 2.24) is 10.9 Å². The zero-order valence-electron chi connectivity index (χ0n) is 18.6. The highest BCUT2D eigenvalue weighted by atomic mass is 35.5. The largest absolute Gasteiger partial charge is 0.493 e. The maximum Gasteiger partial charge on any atom is 0.280 e. The van der Waals surface area contributed by atoms with Crippen LogP contribution >= 0.6 is 58.2 Å². The fourth-order valence-corrected chi connectivity index (χ4v) is 10.3. The van der Waals surface area contributed by atoms with E-state index in [-0.39, 0.29) is 22.3 Å². The number of ether oxygens (including phenoxy) is 1. The average Bonchev–Trinajstić information content (AvgIpc) is 3.42. The number of hydrogen-bond acceptors (Lipinski definition) is 7. The minimum Gasteiger partial charge on any atom is -0.493 e. The monoisotopic (exact) mass is 542 g/mol. The second kappa shape index (κ2) is 11.2. The van der Waals surface area contributed by atoms with Crippen molar-refractivity contribution in [1.29, 1.82) is 0 Å². The van der Waals surface area contributed by atoms with E-state index in [1.165, 1.54) is 15.3 Å². The molecule has 2 amide bonds. The van der Waals surface area contributed by atoms with E-state index in [1.807, 2.05) is 42.6 Å². The SMILES string of the molecule is CSc1sc(C(=O)NNC(=O)CCCOc2ccc(Cl)cc2C)c2c1C1(CCC2)SCCS1. The highest BCUT2D eigenvalue weighted by molar-refractivity contribution is 8.20. The number of hydrogen-bond donors (Lipinski definition) is 2. The van der Waals surface area contributed by atoms with Crippen LogP contribution in [0.15, 0.2) is 22.4 Å². The Morgan fingerprint density at radius 1 is 1.24 bits per heavy atom. The molecule has 1 saturated heterocycles. The molecule has 0 radical (unpaired) electrons. The van der Waals surface area contributed by atoms with Gasteiger partial charge >= 0.3 is 0 Å². The Hall–Kier alpha value is -1.000. The van der Waals surface area contributed by atoms with Crippen molar-refractivity contribution in [3.05, 3.63) is 44.8 Å². The highest BCUT2D eigenvalue weighted by Crippen LogP contribution is 2.61. The molecule has 178 valence electrons. The lowest BCUT2D eigenvalue weighted by atomic mass is 9.92. The van der Waals surface area contributed by atoms with E-state index < -0.39 is 0 Å². The van der Waals surface area contributed by atoms with Crippen LogP contribution in [0.5, 0.6) is 5.75 Å². The van der Waals surface area contributed by atoms with Gasteiger partial charge in [0, 0.05) is 28.5 Å². The second-order valence-corrected chi connectivity index (χ2v) is 13.5. The van der Waals surface area contributed by atoms with E-state index in [1.54, 1.807) is 29.2 Å². The molecule has 33 heavy (non-hydrogen) atoms. The first-order valence-electron chi connectivity index (χ1n) is 10.9. The molecule has 4 rings (SSSR count). The number of carbonyl (C=O) groups excluding carboxylic acids is 2. The van der Waals surface area contributed by atoms with Crippen LogP contribution in [0, 0.1) is 6.92 Å². The number of carbonyl (C=O) groups is 2. The number of benzene rings is 1. The molecule has 0 unspecified atom stereocenters. The third-order valence-corrected chi connectivity index (χ3v) is 11.8. The fraction of sp³-hybridized carbons (Fsp3) is 0.478. The summed E-state index contributed by atoms with van der Waals surface area (Å²) in [5.74, 6) is 2.63. The molecule has 1 aromatic heterocycles. The van der Waals surface area contributed by atoms with Crippen molar-refractivity contribution < 1.29 is 14.3 Å². The molecule has 10 heteroatoms. The Morgan fingerprint density at radius 2 is 2.03 bits per heavy atom. The van der Waals surface area contributed by atoms with Crippen molar-refractivity contribution in [2.24, 2.45) is 0 Å². The van der Waals surface area contributed by atoms with Crippen LogP contribution in [-0.4, -0.2) is 36.2 Å². The van der Waals surface area contributed by atoms with E-state index >= 15 is 0 Å². The number of thiophene rings is 1. The first-order chi connectivity index (χ1) is 15.9. The van der Waals surface area contributed by atoms with Crippen molar-refractivity contribution in [2.75, 3.05) is 24.4 Å². The molecular weight excluding hydrogens is 516 g/mol. The zero-order valence-corrected chi connectivity index (χ0v) is 22.6. The van der Waals surface area contributed by atoms with Gasteiger partial charge in [-0.1, -0.05) is 11.6 Å². The molecule has 2 aliphatic rings. The van der Waals surface area contributed by atoms with Gasteiger partial charge in [-0.2, -0.15) is 0 Å². The zero-order chi connectivity index (χ0) is 23.4. The van der Waals surface area contributed by atoms with Gasteiger partial charge in [0.15, 0.2) is 0 Å². The lowest BCUT2D eigenvalue weighted by Gasteiger charge is -2.33. The number of amides is 2. The number of halogens is 1. The van der Waals surface area contributed by atoms with Gasteiger partial charge in [-0.05, 0) is 68.2 Å². The Bertz CT molecular complexity index is 1040. The van der Waals surface area contributed by atoms with Crippen LogP contribution in [0.1, 0.15) is 52.0 Å². The first-order valence-corrected chi connectivity index (χ1v) is 15.3. The van der Waals surface area contributed by atoms with Gasteiger partial charge < -0.3 is 4.74 Å². The van der Waals surface area contributed by atoms with E-state index in [9.17, 15) is 9.59 Å². The molecule has 1 aliphatic carbocycles. The van der Waals surface area contributed by atoms with E-state index in [0.29, 0.717) is 18.1 Å². The summed E-state index contributed by atoms with van der Waals surface area (Å²) in [7, 11) is 0. The van der Waals surface area contributed by atoms with E-state index in [0.717, 1.165) is 47.0 Å². The number of rotatable bonds is 7. The van der Waals surface area contributed by atoms with Gasteiger partial charge in [0.2, 0.25) is 5.91 Å². The molecule has 1 aromatic carbocycles. The summed E-state index contributed by atoms with van der Waals surface area (Å²) in [5, 5.41) is 0.669. The summed E-state index contributed by atoms with van der Waals surface area (Å²) in [6, 6.07) is 5.45. The standard InChI is InChI=1S/C23H27ClN2O3S4/c1-14-13-15(24)7-8-17(14)29-10-4-6-18(27)25-26-21(28)20-16-5-3-9-23(31-11-12-32-23)19(16)22(30-2)33-20/h7-8,13H,3-6,9-12H2,1-2H3,(H,25,27)(H,26,28). The van der Waals surface area contributed by atoms with Gasteiger partial charge in [-0.3, -0.25) is 20.4 Å². The van der Waals surface area contributed by atoms with Crippen molar-refractivity contribution in [3.8, 4) is 5.75 Å². The number of nitrogens with one attached hydrogen (secondary N) is 2. The molecule has 2 heterocycles. The van der Waals surface area contributed by atoms with Crippen LogP contribution in [0.25, 0.3) is 0 Å². The maximum atomic E-state index is 13.0. The fourth-order valence-electron chi connectivity index (χ4n) is 4.19. The average molecular weight is 543 g/mol. The Kier molecular flexibility index (Phi) is 8.49. The van der Waals surface area contributed by atoms with Crippen molar-refractivity contribution >= 4 is 70.0 Å². The Balaban J connectivity index is 1.30. The lowest BCUT2D eigenvalue weighted by Crippen LogP contribution is -2.41. The number of thioether (sulfide) groups is 3. The first kappa shape index (κ1) is 25.1. The van der Waals surface area contributed by atoms with Crippen LogP contribution in [0.2, 0.25) is 5.02 Å². The van der Waals surface area contributed by atoms with Crippen molar-refractivity contribution in [2.45, 2.75) is 47.3 Å². The molecule has 0 bridgehead atoms. The summed E-state index contributed by atoms with van der Waals surface area (Å²) in [4.78, 5) is 25.9. The maximum absolute atomic E-state index is 13.0. The van der Waals surface area contributed by atoms with E-state index in [4.69, 9.17) is 16.3 Å². The predicted molar refractivity (Wildman–Crippen MR) is 142 cm³/mol. The summed E-state index contributed by atoms with van der Waals surface area (Å²) in [6.07, 6.45) is 6.07. The molecule has 1 aliphatic heterocycles. The molecule has 0 saturated carbocycles. The third-order valence-electron chi connectivity index (χ3n) is 5.69. The molecule has 2 aromatic rings.